The van der Waals surface area contributed by atoms with Crippen molar-refractivity contribution in [1.29, 1.82) is 0 Å². The molecule has 2 nitrogen and oxygen atoms in total. The van der Waals surface area contributed by atoms with E-state index in [1.807, 2.05) is 4.90 Å². The van der Waals surface area contributed by atoms with Crippen molar-refractivity contribution in [3.63, 3.8) is 0 Å². The lowest BCUT2D eigenvalue weighted by atomic mass is 9.85. The lowest BCUT2D eigenvalue weighted by Gasteiger charge is -2.26. The smallest absolute Gasteiger partial charge is 0.161 e. The molecule has 1 aromatic carbocycles. The maximum Gasteiger partial charge on any atom is 0.161 e. The van der Waals surface area contributed by atoms with Crippen molar-refractivity contribution in [2.75, 3.05) is 18.0 Å². The highest BCUT2D eigenvalue weighted by Crippen LogP contribution is 2.33. The summed E-state index contributed by atoms with van der Waals surface area (Å²) in [7, 11) is 0. The normalized spacial score (nSPS) is 19.1. The van der Waals surface area contributed by atoms with Crippen LogP contribution in [-0.2, 0) is 0 Å². The summed E-state index contributed by atoms with van der Waals surface area (Å²) in [5.74, 6) is -0.356. The number of anilines is 1. The van der Waals surface area contributed by atoms with E-state index < -0.39 is 0 Å². The fourth-order valence-corrected chi connectivity index (χ4v) is 2.77. The standard InChI is InChI=1S/C16H22FNO/c1-12(19)13-6-4-7-14(17)15(13)18-10-5-8-16(2,3)9-11-18/h4,6-7H,5,8-11H2,1-3H3. The largest absolute Gasteiger partial charge is 0.369 e. The Labute approximate surface area is 114 Å². The Bertz CT molecular complexity index is 482. The summed E-state index contributed by atoms with van der Waals surface area (Å²) >= 11 is 0. The van der Waals surface area contributed by atoms with E-state index in [0.29, 0.717) is 16.7 Å². The van der Waals surface area contributed by atoms with Crippen LogP contribution in [0, 0.1) is 11.2 Å². The molecule has 1 saturated heterocycles. The van der Waals surface area contributed by atoms with Gasteiger partial charge in [-0.25, -0.2) is 4.39 Å². The van der Waals surface area contributed by atoms with Crippen molar-refractivity contribution in [3.05, 3.63) is 29.6 Å². The zero-order chi connectivity index (χ0) is 14.0. The zero-order valence-corrected chi connectivity index (χ0v) is 12.0. The van der Waals surface area contributed by atoms with E-state index >= 15 is 0 Å². The van der Waals surface area contributed by atoms with Crippen LogP contribution in [0.5, 0.6) is 0 Å². The summed E-state index contributed by atoms with van der Waals surface area (Å²) in [4.78, 5) is 13.7. The molecule has 2 rings (SSSR count). The molecule has 19 heavy (non-hydrogen) atoms. The number of Topliss-reactive ketones (excluding diaryl/α,β-unsaturated/α-hetero) is 1. The fraction of sp³-hybridized carbons (Fsp3) is 0.562. The number of ketones is 1. The topological polar surface area (TPSA) is 20.3 Å². The monoisotopic (exact) mass is 263 g/mol. The Morgan fingerprint density at radius 1 is 1.26 bits per heavy atom. The van der Waals surface area contributed by atoms with E-state index in [0.717, 1.165) is 32.4 Å². The maximum absolute atomic E-state index is 14.1. The summed E-state index contributed by atoms with van der Waals surface area (Å²) in [5, 5.41) is 0. The second kappa shape index (κ2) is 5.32. The molecule has 0 radical (unpaired) electrons. The minimum atomic E-state index is -0.285. The number of carbonyl (C=O) groups excluding carboxylic acids is 1. The van der Waals surface area contributed by atoms with Crippen molar-refractivity contribution in [1.82, 2.24) is 0 Å². The highest BCUT2D eigenvalue weighted by molar-refractivity contribution is 5.99. The van der Waals surface area contributed by atoms with E-state index in [1.165, 1.54) is 13.0 Å². The number of rotatable bonds is 2. The van der Waals surface area contributed by atoms with E-state index in [-0.39, 0.29) is 11.6 Å². The van der Waals surface area contributed by atoms with Gasteiger partial charge in [0.25, 0.3) is 0 Å². The number of carbonyl (C=O) groups is 1. The van der Waals surface area contributed by atoms with Crippen LogP contribution >= 0.6 is 0 Å². The highest BCUT2D eigenvalue weighted by Gasteiger charge is 2.26. The number of nitrogens with zero attached hydrogens (tertiary/aromatic N) is 1. The first kappa shape index (κ1) is 14.0. The molecule has 0 N–H and O–H groups in total. The van der Waals surface area contributed by atoms with Crippen LogP contribution in [0.4, 0.5) is 10.1 Å². The Morgan fingerprint density at radius 2 is 2.00 bits per heavy atom. The van der Waals surface area contributed by atoms with E-state index in [4.69, 9.17) is 0 Å². The molecular formula is C16H22FNO. The Morgan fingerprint density at radius 3 is 2.68 bits per heavy atom. The first-order chi connectivity index (χ1) is 8.91. The Balaban J connectivity index is 2.33. The summed E-state index contributed by atoms with van der Waals surface area (Å²) in [6.07, 6.45) is 3.21. The summed E-state index contributed by atoms with van der Waals surface area (Å²) in [5.41, 5.74) is 1.29. The third-order valence-corrected chi connectivity index (χ3v) is 4.02. The highest BCUT2D eigenvalue weighted by atomic mass is 19.1. The molecule has 3 heteroatoms. The fourth-order valence-electron chi connectivity index (χ4n) is 2.77. The molecule has 0 saturated carbocycles. The molecule has 0 aromatic heterocycles. The minimum Gasteiger partial charge on any atom is -0.369 e. The maximum atomic E-state index is 14.1. The number of para-hydroxylation sites is 1. The number of hydrogen-bond acceptors (Lipinski definition) is 2. The third-order valence-electron chi connectivity index (χ3n) is 4.02. The average molecular weight is 263 g/mol. The van der Waals surface area contributed by atoms with Crippen LogP contribution in [0.1, 0.15) is 50.4 Å². The number of hydrogen-bond donors (Lipinski definition) is 0. The molecule has 1 aliphatic heterocycles. The second-order valence-electron chi connectivity index (χ2n) is 6.20. The van der Waals surface area contributed by atoms with Gasteiger partial charge in [0.2, 0.25) is 0 Å². The minimum absolute atomic E-state index is 0.0713. The Hall–Kier alpha value is -1.38. The molecular weight excluding hydrogens is 241 g/mol. The van der Waals surface area contributed by atoms with Gasteiger partial charge in [0.1, 0.15) is 5.82 Å². The zero-order valence-electron chi connectivity index (χ0n) is 12.0. The van der Waals surface area contributed by atoms with Gasteiger partial charge in [-0.05, 0) is 43.7 Å². The number of benzene rings is 1. The molecule has 0 spiro atoms. The van der Waals surface area contributed by atoms with E-state index in [1.54, 1.807) is 12.1 Å². The first-order valence-corrected chi connectivity index (χ1v) is 6.95. The van der Waals surface area contributed by atoms with Crippen LogP contribution < -0.4 is 4.90 Å². The van der Waals surface area contributed by atoms with Crippen LogP contribution in [0.25, 0.3) is 0 Å². The van der Waals surface area contributed by atoms with Crippen LogP contribution in [0.3, 0.4) is 0 Å². The van der Waals surface area contributed by atoms with E-state index in [9.17, 15) is 9.18 Å². The molecule has 1 fully saturated rings. The first-order valence-electron chi connectivity index (χ1n) is 6.95. The van der Waals surface area contributed by atoms with Gasteiger partial charge < -0.3 is 4.90 Å². The quantitative estimate of drug-likeness (QED) is 0.750. The molecule has 1 aliphatic rings. The predicted octanol–water partition coefficient (Wildman–Crippen LogP) is 4.04. The van der Waals surface area contributed by atoms with Crippen molar-refractivity contribution < 1.29 is 9.18 Å². The molecule has 0 amide bonds. The molecule has 104 valence electrons. The van der Waals surface area contributed by atoms with Gasteiger partial charge in [-0.2, -0.15) is 0 Å². The van der Waals surface area contributed by atoms with Crippen molar-refractivity contribution in [2.45, 2.75) is 40.0 Å². The van der Waals surface area contributed by atoms with Gasteiger partial charge >= 0.3 is 0 Å². The lowest BCUT2D eigenvalue weighted by Crippen LogP contribution is -2.27. The number of halogens is 1. The van der Waals surface area contributed by atoms with Crippen molar-refractivity contribution in [2.24, 2.45) is 5.41 Å². The summed E-state index contributed by atoms with van der Waals surface area (Å²) < 4.78 is 14.1. The molecule has 0 unspecified atom stereocenters. The van der Waals surface area contributed by atoms with Crippen molar-refractivity contribution in [3.8, 4) is 0 Å². The van der Waals surface area contributed by atoms with Gasteiger partial charge in [-0.15, -0.1) is 0 Å². The van der Waals surface area contributed by atoms with Gasteiger partial charge in [0.05, 0.1) is 5.69 Å². The average Bonchev–Trinajstić information content (AvgIpc) is 2.50. The third kappa shape index (κ3) is 3.14. The second-order valence-corrected chi connectivity index (χ2v) is 6.20. The van der Waals surface area contributed by atoms with Crippen LogP contribution in [-0.4, -0.2) is 18.9 Å². The summed E-state index contributed by atoms with van der Waals surface area (Å²) in [6.45, 7) is 7.65. The van der Waals surface area contributed by atoms with Crippen LogP contribution in [0.15, 0.2) is 18.2 Å². The molecule has 0 bridgehead atoms. The van der Waals surface area contributed by atoms with Crippen LogP contribution in [0.2, 0.25) is 0 Å². The molecule has 0 aliphatic carbocycles. The van der Waals surface area contributed by atoms with Gasteiger partial charge in [-0.1, -0.05) is 19.9 Å². The Kier molecular flexibility index (Phi) is 3.93. The van der Waals surface area contributed by atoms with Gasteiger partial charge in [0, 0.05) is 18.7 Å². The van der Waals surface area contributed by atoms with E-state index in [2.05, 4.69) is 13.8 Å². The molecule has 1 heterocycles. The SMILES string of the molecule is CC(=O)c1cccc(F)c1N1CCCC(C)(C)CC1. The lowest BCUT2D eigenvalue weighted by molar-refractivity contribution is 0.101. The summed E-state index contributed by atoms with van der Waals surface area (Å²) in [6, 6.07) is 4.77. The van der Waals surface area contributed by atoms with Gasteiger partial charge in [-0.3, -0.25) is 4.79 Å². The van der Waals surface area contributed by atoms with Crippen molar-refractivity contribution >= 4 is 11.5 Å². The van der Waals surface area contributed by atoms with Gasteiger partial charge in [0.15, 0.2) is 5.78 Å². The molecule has 1 aromatic rings. The molecule has 0 atom stereocenters. The predicted molar refractivity (Wildman–Crippen MR) is 76.2 cm³/mol.